The average molecular weight is 316 g/mol. The van der Waals surface area contributed by atoms with Gasteiger partial charge >= 0.3 is 0 Å². The number of rotatable bonds is 10. The molecule has 1 aromatic carbocycles. The summed E-state index contributed by atoms with van der Waals surface area (Å²) in [4.78, 5) is 0. The second-order valence-electron chi connectivity index (χ2n) is 4.88. The van der Waals surface area contributed by atoms with Crippen LogP contribution in [0.25, 0.3) is 0 Å². The maximum absolute atomic E-state index is 6.30. The van der Waals surface area contributed by atoms with Crippen molar-refractivity contribution in [1.82, 2.24) is 0 Å². The third-order valence-corrected chi connectivity index (χ3v) is 3.48. The van der Waals surface area contributed by atoms with E-state index in [1.54, 1.807) is 7.11 Å². The predicted octanol–water partition coefficient (Wildman–Crippen LogP) is 3.43. The van der Waals surface area contributed by atoms with Crippen LogP contribution in [0.3, 0.4) is 0 Å². The van der Waals surface area contributed by atoms with E-state index in [1.165, 1.54) is 0 Å². The Labute approximate surface area is 132 Å². The van der Waals surface area contributed by atoms with Crippen LogP contribution in [0.2, 0.25) is 5.02 Å². The van der Waals surface area contributed by atoms with E-state index in [-0.39, 0.29) is 6.04 Å². The molecule has 0 aliphatic heterocycles. The molecule has 4 nitrogen and oxygen atoms in total. The Hall–Kier alpha value is -0.970. The van der Waals surface area contributed by atoms with Crippen LogP contribution >= 0.6 is 11.6 Å². The Balaban J connectivity index is 2.70. The molecule has 0 spiro atoms. The fraction of sp³-hybridized carbons (Fsp3) is 0.625. The lowest BCUT2D eigenvalue weighted by Gasteiger charge is -2.15. The Morgan fingerprint density at radius 3 is 2.62 bits per heavy atom. The number of hydrogen-bond donors (Lipinski definition) is 1. The zero-order valence-electron chi connectivity index (χ0n) is 13.2. The van der Waals surface area contributed by atoms with Gasteiger partial charge in [-0.05, 0) is 37.5 Å². The molecule has 1 rings (SSSR count). The molecule has 5 heteroatoms. The predicted molar refractivity (Wildman–Crippen MR) is 86.6 cm³/mol. The van der Waals surface area contributed by atoms with Crippen LogP contribution in [0.1, 0.15) is 32.3 Å². The van der Waals surface area contributed by atoms with Crippen LogP contribution < -0.4 is 15.2 Å². The highest BCUT2D eigenvalue weighted by Crippen LogP contribution is 2.36. The molecule has 2 N–H and O–H groups in total. The van der Waals surface area contributed by atoms with E-state index < -0.39 is 0 Å². The molecule has 1 unspecified atom stereocenters. The monoisotopic (exact) mass is 315 g/mol. The first kappa shape index (κ1) is 18.1. The molecule has 1 aromatic rings. The fourth-order valence-electron chi connectivity index (χ4n) is 1.96. The highest BCUT2D eigenvalue weighted by molar-refractivity contribution is 6.32. The van der Waals surface area contributed by atoms with Gasteiger partial charge in [0.15, 0.2) is 11.5 Å². The van der Waals surface area contributed by atoms with Crippen LogP contribution in [0.15, 0.2) is 12.1 Å². The Kier molecular flexibility index (Phi) is 8.50. The smallest absolute Gasteiger partial charge is 0.179 e. The largest absolute Gasteiger partial charge is 0.493 e. The van der Waals surface area contributed by atoms with Crippen LogP contribution in [0.4, 0.5) is 0 Å². The SMILES string of the molecule is CCOCCCOc1c(Cl)cc(CC(N)CC)cc1OC. The third kappa shape index (κ3) is 6.12. The molecular formula is C16H26ClNO3. The molecule has 0 heterocycles. The average Bonchev–Trinajstić information content (AvgIpc) is 2.48. The van der Waals surface area contributed by atoms with Gasteiger partial charge < -0.3 is 19.9 Å². The zero-order chi connectivity index (χ0) is 15.7. The van der Waals surface area contributed by atoms with Crippen molar-refractivity contribution in [2.75, 3.05) is 26.9 Å². The molecule has 0 aliphatic carbocycles. The molecule has 0 aliphatic rings. The van der Waals surface area contributed by atoms with Crippen molar-refractivity contribution in [2.45, 2.75) is 39.2 Å². The van der Waals surface area contributed by atoms with Gasteiger partial charge in [0.25, 0.3) is 0 Å². The van der Waals surface area contributed by atoms with Crippen molar-refractivity contribution in [1.29, 1.82) is 0 Å². The summed E-state index contributed by atoms with van der Waals surface area (Å²) in [6.45, 7) is 5.99. The van der Waals surface area contributed by atoms with Crippen molar-refractivity contribution in [3.05, 3.63) is 22.7 Å². The van der Waals surface area contributed by atoms with Gasteiger partial charge in [-0.1, -0.05) is 18.5 Å². The van der Waals surface area contributed by atoms with Crippen molar-refractivity contribution in [3.8, 4) is 11.5 Å². The quantitative estimate of drug-likeness (QED) is 0.672. The molecular weight excluding hydrogens is 290 g/mol. The van der Waals surface area contributed by atoms with Gasteiger partial charge in [0, 0.05) is 25.7 Å². The maximum atomic E-state index is 6.30. The molecule has 21 heavy (non-hydrogen) atoms. The fourth-order valence-corrected chi connectivity index (χ4v) is 2.25. The summed E-state index contributed by atoms with van der Waals surface area (Å²) in [5, 5.41) is 0.559. The highest BCUT2D eigenvalue weighted by atomic mass is 35.5. The maximum Gasteiger partial charge on any atom is 0.179 e. The summed E-state index contributed by atoms with van der Waals surface area (Å²) in [7, 11) is 1.61. The highest BCUT2D eigenvalue weighted by Gasteiger charge is 2.13. The van der Waals surface area contributed by atoms with Crippen LogP contribution in [0, 0.1) is 0 Å². The standard InChI is InChI=1S/C16H26ClNO3/c1-4-13(18)9-12-10-14(17)16(15(11-12)19-3)21-8-6-7-20-5-2/h10-11,13H,4-9,18H2,1-3H3. The van der Waals surface area contributed by atoms with Gasteiger partial charge in [-0.3, -0.25) is 0 Å². The molecule has 0 fully saturated rings. The van der Waals surface area contributed by atoms with E-state index in [0.29, 0.717) is 29.7 Å². The lowest BCUT2D eigenvalue weighted by molar-refractivity contribution is 0.130. The summed E-state index contributed by atoms with van der Waals surface area (Å²) in [5.41, 5.74) is 7.05. The summed E-state index contributed by atoms with van der Waals surface area (Å²) in [6.07, 6.45) is 2.52. The van der Waals surface area contributed by atoms with E-state index in [2.05, 4.69) is 6.92 Å². The second kappa shape index (κ2) is 9.87. The zero-order valence-corrected chi connectivity index (χ0v) is 13.9. The molecule has 0 bridgehead atoms. The molecule has 0 saturated carbocycles. The van der Waals surface area contributed by atoms with E-state index in [9.17, 15) is 0 Å². The minimum Gasteiger partial charge on any atom is -0.493 e. The number of nitrogens with two attached hydrogens (primary N) is 1. The minimum atomic E-state index is 0.128. The summed E-state index contributed by atoms with van der Waals surface area (Å²) >= 11 is 6.30. The lowest BCUT2D eigenvalue weighted by Crippen LogP contribution is -2.21. The number of ether oxygens (including phenoxy) is 3. The van der Waals surface area contributed by atoms with Crippen molar-refractivity contribution in [2.24, 2.45) is 5.73 Å². The first-order valence-electron chi connectivity index (χ1n) is 7.44. The van der Waals surface area contributed by atoms with Gasteiger partial charge in [-0.25, -0.2) is 0 Å². The lowest BCUT2D eigenvalue weighted by atomic mass is 10.0. The third-order valence-electron chi connectivity index (χ3n) is 3.20. The Morgan fingerprint density at radius 1 is 1.24 bits per heavy atom. The Morgan fingerprint density at radius 2 is 2.00 bits per heavy atom. The number of halogens is 1. The van der Waals surface area contributed by atoms with E-state index >= 15 is 0 Å². The van der Waals surface area contributed by atoms with Crippen molar-refractivity contribution in [3.63, 3.8) is 0 Å². The second-order valence-corrected chi connectivity index (χ2v) is 5.29. The van der Waals surface area contributed by atoms with Gasteiger partial charge in [0.1, 0.15) is 0 Å². The first-order valence-corrected chi connectivity index (χ1v) is 7.82. The number of methoxy groups -OCH3 is 1. The summed E-state index contributed by atoms with van der Waals surface area (Å²) < 4.78 is 16.4. The van der Waals surface area contributed by atoms with E-state index in [4.69, 9.17) is 31.5 Å². The molecule has 0 radical (unpaired) electrons. The van der Waals surface area contributed by atoms with Gasteiger partial charge in [0.2, 0.25) is 0 Å². The number of hydrogen-bond acceptors (Lipinski definition) is 4. The van der Waals surface area contributed by atoms with E-state index in [0.717, 1.165) is 31.4 Å². The van der Waals surface area contributed by atoms with Crippen LogP contribution in [0.5, 0.6) is 11.5 Å². The molecule has 1 atom stereocenters. The minimum absolute atomic E-state index is 0.128. The molecule has 0 saturated heterocycles. The van der Waals surface area contributed by atoms with Gasteiger partial charge in [-0.2, -0.15) is 0 Å². The molecule has 120 valence electrons. The summed E-state index contributed by atoms with van der Waals surface area (Å²) in [5.74, 6) is 1.24. The van der Waals surface area contributed by atoms with E-state index in [1.807, 2.05) is 19.1 Å². The Bertz CT molecular complexity index is 426. The molecule has 0 aromatic heterocycles. The normalized spacial score (nSPS) is 12.2. The van der Waals surface area contributed by atoms with Crippen LogP contribution in [-0.4, -0.2) is 33.0 Å². The van der Waals surface area contributed by atoms with Gasteiger partial charge in [0.05, 0.1) is 18.7 Å². The first-order chi connectivity index (χ1) is 10.1. The van der Waals surface area contributed by atoms with Crippen molar-refractivity contribution >= 4 is 11.6 Å². The van der Waals surface area contributed by atoms with Crippen LogP contribution in [-0.2, 0) is 11.2 Å². The molecule has 0 amide bonds. The summed E-state index contributed by atoms with van der Waals surface area (Å²) in [6, 6.07) is 3.97. The van der Waals surface area contributed by atoms with Crippen molar-refractivity contribution < 1.29 is 14.2 Å². The number of benzene rings is 1. The van der Waals surface area contributed by atoms with Gasteiger partial charge in [-0.15, -0.1) is 0 Å². The topological polar surface area (TPSA) is 53.7 Å².